The van der Waals surface area contributed by atoms with E-state index in [9.17, 15) is 14.4 Å². The molecule has 146 valence electrons. The van der Waals surface area contributed by atoms with Gasteiger partial charge in [0.25, 0.3) is 0 Å². The largest absolute Gasteiger partial charge is 0.465 e. The van der Waals surface area contributed by atoms with Crippen molar-refractivity contribution in [3.05, 3.63) is 0 Å². The van der Waals surface area contributed by atoms with Crippen molar-refractivity contribution in [1.29, 1.82) is 0 Å². The lowest BCUT2D eigenvalue weighted by molar-refractivity contribution is -0.148. The van der Waals surface area contributed by atoms with E-state index in [1.807, 2.05) is 6.92 Å². The van der Waals surface area contributed by atoms with Gasteiger partial charge in [-0.1, -0.05) is 0 Å². The van der Waals surface area contributed by atoms with Gasteiger partial charge in [-0.05, 0) is 20.8 Å². The molecule has 10 nitrogen and oxygen atoms in total. The number of primary amides is 1. The highest BCUT2D eigenvalue weighted by Gasteiger charge is 2.23. The van der Waals surface area contributed by atoms with Crippen LogP contribution in [0.5, 0.6) is 0 Å². The molecule has 0 aliphatic heterocycles. The highest BCUT2D eigenvalue weighted by molar-refractivity contribution is 5.77. The van der Waals surface area contributed by atoms with Crippen molar-refractivity contribution in [2.45, 2.75) is 26.8 Å². The van der Waals surface area contributed by atoms with E-state index in [2.05, 4.69) is 0 Å². The minimum Gasteiger partial charge on any atom is -0.465 e. The van der Waals surface area contributed by atoms with Crippen LogP contribution in [0.1, 0.15) is 20.8 Å². The molecular formula is C15H30N4O6. The molecule has 0 aliphatic rings. The summed E-state index contributed by atoms with van der Waals surface area (Å²) in [5, 5.41) is 0. The number of hydrogen-bond acceptors (Lipinski definition) is 9. The summed E-state index contributed by atoms with van der Waals surface area (Å²) in [6.07, 6.45) is 0. The molecule has 0 aliphatic carbocycles. The van der Waals surface area contributed by atoms with Gasteiger partial charge in [0.1, 0.15) is 6.73 Å². The third-order valence-corrected chi connectivity index (χ3v) is 3.20. The zero-order valence-electron chi connectivity index (χ0n) is 15.2. The molecule has 0 aromatic carbocycles. The van der Waals surface area contributed by atoms with Crippen LogP contribution in [0, 0.1) is 0 Å². The van der Waals surface area contributed by atoms with E-state index in [4.69, 9.17) is 25.7 Å². The Labute approximate surface area is 148 Å². The van der Waals surface area contributed by atoms with Crippen LogP contribution in [0.3, 0.4) is 0 Å². The van der Waals surface area contributed by atoms with Crippen LogP contribution in [0.15, 0.2) is 0 Å². The maximum atomic E-state index is 11.7. The number of ether oxygens (including phenoxy) is 3. The van der Waals surface area contributed by atoms with Crippen LogP contribution >= 0.6 is 0 Å². The second-order valence-electron chi connectivity index (χ2n) is 5.34. The molecule has 0 spiro atoms. The molecule has 0 heterocycles. The minimum absolute atomic E-state index is 0.000127. The maximum Gasteiger partial charge on any atom is 0.320 e. The fraction of sp³-hybridized carbons (Fsp3) is 0.800. The Bertz CT molecular complexity index is 421. The van der Waals surface area contributed by atoms with Gasteiger partial charge in [-0.15, -0.1) is 0 Å². The Hall–Kier alpha value is -1.75. The average Bonchev–Trinajstić information content (AvgIpc) is 2.50. The Morgan fingerprint density at radius 1 is 1.00 bits per heavy atom. The number of amides is 1. The zero-order chi connectivity index (χ0) is 19.2. The number of nitrogens with two attached hydrogens (primary N) is 2. The molecule has 0 rings (SSSR count). The first kappa shape index (κ1) is 23.2. The van der Waals surface area contributed by atoms with Crippen LogP contribution in [0.2, 0.25) is 0 Å². The molecule has 0 aromatic rings. The Morgan fingerprint density at radius 3 is 2.04 bits per heavy atom. The van der Waals surface area contributed by atoms with Crippen LogP contribution in [-0.2, 0) is 28.6 Å². The predicted molar refractivity (Wildman–Crippen MR) is 90.1 cm³/mol. The normalized spacial score (nSPS) is 12.2. The van der Waals surface area contributed by atoms with Gasteiger partial charge in [-0.3, -0.25) is 24.2 Å². The van der Waals surface area contributed by atoms with Gasteiger partial charge in [-0.2, -0.15) is 0 Å². The van der Waals surface area contributed by atoms with E-state index in [-0.39, 0.29) is 52.4 Å². The molecule has 0 fully saturated rings. The number of carbonyl (C=O) groups is 3. The van der Waals surface area contributed by atoms with Crippen molar-refractivity contribution in [2.75, 3.05) is 52.9 Å². The Balaban J connectivity index is 4.88. The fourth-order valence-corrected chi connectivity index (χ4v) is 2.15. The number of rotatable bonds is 14. The summed E-state index contributed by atoms with van der Waals surface area (Å²) in [6, 6.07) is -0.232. The molecule has 0 aromatic heterocycles. The van der Waals surface area contributed by atoms with Gasteiger partial charge >= 0.3 is 11.9 Å². The van der Waals surface area contributed by atoms with Crippen LogP contribution in [0.25, 0.3) is 0 Å². The van der Waals surface area contributed by atoms with E-state index in [0.29, 0.717) is 6.54 Å². The first-order valence-corrected chi connectivity index (χ1v) is 8.17. The third-order valence-electron chi connectivity index (χ3n) is 3.20. The monoisotopic (exact) mass is 362 g/mol. The molecule has 0 radical (unpaired) electrons. The van der Waals surface area contributed by atoms with Gasteiger partial charge in [0.05, 0.1) is 39.6 Å². The molecule has 25 heavy (non-hydrogen) atoms. The van der Waals surface area contributed by atoms with Crippen molar-refractivity contribution in [3.63, 3.8) is 0 Å². The van der Waals surface area contributed by atoms with E-state index in [0.717, 1.165) is 0 Å². The Morgan fingerprint density at radius 2 is 1.56 bits per heavy atom. The first-order valence-electron chi connectivity index (χ1n) is 8.17. The van der Waals surface area contributed by atoms with Gasteiger partial charge in [-0.25, -0.2) is 0 Å². The summed E-state index contributed by atoms with van der Waals surface area (Å²) in [5.74, 6) is -1.42. The minimum atomic E-state index is -0.563. The fourth-order valence-electron chi connectivity index (χ4n) is 2.15. The standard InChI is InChI=1S/C15H30N4O6/c1-4-24-14(21)8-18(7-13(17)20)6-12(3)19(11-23-10-16)9-15(22)25-5-2/h12H,4-11,16H2,1-3H3,(H2,17,20)/t12-/m0/s1. The molecule has 0 bridgehead atoms. The zero-order valence-corrected chi connectivity index (χ0v) is 15.2. The molecule has 1 amide bonds. The predicted octanol–water partition coefficient (Wildman–Crippen LogP) is -1.52. The quantitative estimate of drug-likeness (QED) is 0.279. The summed E-state index contributed by atoms with van der Waals surface area (Å²) in [6.45, 7) is 6.00. The lowest BCUT2D eigenvalue weighted by atomic mass is 10.2. The molecule has 10 heteroatoms. The topological polar surface area (TPSA) is 137 Å². The van der Waals surface area contributed by atoms with Crippen molar-refractivity contribution >= 4 is 17.8 Å². The molecule has 0 saturated heterocycles. The Kier molecular flexibility index (Phi) is 12.6. The van der Waals surface area contributed by atoms with Crippen LogP contribution < -0.4 is 11.5 Å². The highest BCUT2D eigenvalue weighted by atomic mass is 16.5. The van der Waals surface area contributed by atoms with Crippen molar-refractivity contribution in [3.8, 4) is 0 Å². The third kappa shape index (κ3) is 11.4. The van der Waals surface area contributed by atoms with Crippen molar-refractivity contribution in [2.24, 2.45) is 11.5 Å². The smallest absolute Gasteiger partial charge is 0.320 e. The van der Waals surface area contributed by atoms with Crippen molar-refractivity contribution in [1.82, 2.24) is 9.80 Å². The van der Waals surface area contributed by atoms with E-state index in [1.54, 1.807) is 23.6 Å². The van der Waals surface area contributed by atoms with Gasteiger partial charge in [0.15, 0.2) is 0 Å². The number of hydrogen-bond donors (Lipinski definition) is 2. The maximum absolute atomic E-state index is 11.7. The average molecular weight is 362 g/mol. The van der Waals surface area contributed by atoms with Gasteiger partial charge in [0.2, 0.25) is 5.91 Å². The second-order valence-corrected chi connectivity index (χ2v) is 5.34. The lowest BCUT2D eigenvalue weighted by Gasteiger charge is -2.31. The summed E-state index contributed by atoms with van der Waals surface area (Å²) in [5.41, 5.74) is 10.6. The molecule has 4 N–H and O–H groups in total. The first-order chi connectivity index (χ1) is 11.8. The van der Waals surface area contributed by atoms with Crippen LogP contribution in [0.4, 0.5) is 0 Å². The van der Waals surface area contributed by atoms with Gasteiger partial charge < -0.3 is 25.7 Å². The SMILES string of the molecule is CCOC(=O)CN(CC(N)=O)C[C@H](C)N(COCN)CC(=O)OCC. The highest BCUT2D eigenvalue weighted by Crippen LogP contribution is 2.04. The summed E-state index contributed by atoms with van der Waals surface area (Å²) in [7, 11) is 0. The van der Waals surface area contributed by atoms with Crippen molar-refractivity contribution < 1.29 is 28.6 Å². The summed E-state index contributed by atoms with van der Waals surface area (Å²) in [4.78, 5) is 37.9. The molecule has 0 saturated carbocycles. The second kappa shape index (κ2) is 13.5. The summed E-state index contributed by atoms with van der Waals surface area (Å²) < 4.78 is 15.0. The number of esters is 2. The summed E-state index contributed by atoms with van der Waals surface area (Å²) >= 11 is 0. The molecule has 1 atom stereocenters. The van der Waals surface area contributed by atoms with Gasteiger partial charge in [0, 0.05) is 12.6 Å². The molecule has 0 unspecified atom stereocenters. The van der Waals surface area contributed by atoms with E-state index < -0.39 is 17.8 Å². The number of carbonyl (C=O) groups excluding carboxylic acids is 3. The van der Waals surface area contributed by atoms with E-state index >= 15 is 0 Å². The van der Waals surface area contributed by atoms with E-state index in [1.165, 1.54) is 0 Å². The van der Waals surface area contributed by atoms with Crippen LogP contribution in [-0.4, -0.2) is 86.5 Å². The molecular weight excluding hydrogens is 332 g/mol. The lowest BCUT2D eigenvalue weighted by Crippen LogP contribution is -2.49. The number of nitrogens with zero attached hydrogens (tertiary/aromatic N) is 2.